The van der Waals surface area contributed by atoms with Gasteiger partial charge in [-0.2, -0.15) is 0 Å². The minimum atomic E-state index is 0.294. The summed E-state index contributed by atoms with van der Waals surface area (Å²) in [6, 6.07) is 6.26. The van der Waals surface area contributed by atoms with Crippen LogP contribution < -0.4 is 11.5 Å². The van der Waals surface area contributed by atoms with Crippen LogP contribution in [0.2, 0.25) is 0 Å². The van der Waals surface area contributed by atoms with Crippen LogP contribution in [0.5, 0.6) is 0 Å². The fourth-order valence-electron chi connectivity index (χ4n) is 6.79. The van der Waals surface area contributed by atoms with Gasteiger partial charge in [-0.25, -0.2) is 0 Å². The summed E-state index contributed by atoms with van der Waals surface area (Å²) in [5.41, 5.74) is 16.7. The Hall–Kier alpha value is -1.18. The highest BCUT2D eigenvalue weighted by Gasteiger charge is 2.60. The summed E-state index contributed by atoms with van der Waals surface area (Å²) >= 11 is 0. The number of nitrogens with two attached hydrogens (primary N) is 2. The van der Waals surface area contributed by atoms with Crippen molar-refractivity contribution in [1.29, 1.82) is 0 Å². The fourth-order valence-corrected chi connectivity index (χ4v) is 6.79. The van der Waals surface area contributed by atoms with Crippen LogP contribution in [0.25, 0.3) is 0 Å². The van der Waals surface area contributed by atoms with Gasteiger partial charge in [-0.15, -0.1) is 0 Å². The molecule has 4 fully saturated rings. The third kappa shape index (κ3) is 1.57. The molecular weight excluding hydrogens is 244 g/mol. The van der Waals surface area contributed by atoms with Crippen molar-refractivity contribution in [3.05, 3.63) is 23.8 Å². The summed E-state index contributed by atoms with van der Waals surface area (Å²) in [5.74, 6) is 0.891. The van der Waals surface area contributed by atoms with Crippen molar-refractivity contribution in [2.24, 2.45) is 16.7 Å². The van der Waals surface area contributed by atoms with Crippen LogP contribution in [-0.2, 0) is 5.41 Å². The Kier molecular flexibility index (Phi) is 2.21. The first-order chi connectivity index (χ1) is 9.33. The zero-order chi connectivity index (χ0) is 14.2. The van der Waals surface area contributed by atoms with Crippen molar-refractivity contribution in [1.82, 2.24) is 0 Å². The molecule has 0 aliphatic heterocycles. The smallest absolute Gasteiger partial charge is 0.0586 e. The second kappa shape index (κ2) is 3.52. The number of nitrogen functional groups attached to an aromatic ring is 2. The van der Waals surface area contributed by atoms with E-state index >= 15 is 0 Å². The first-order valence-electron chi connectivity index (χ1n) is 7.98. The van der Waals surface area contributed by atoms with E-state index in [1.165, 1.54) is 44.1 Å². The summed E-state index contributed by atoms with van der Waals surface area (Å²) in [4.78, 5) is 0. The monoisotopic (exact) mass is 270 g/mol. The maximum absolute atomic E-state index is 6.37. The van der Waals surface area contributed by atoms with Crippen LogP contribution >= 0.6 is 0 Å². The summed E-state index contributed by atoms with van der Waals surface area (Å²) in [6.45, 7) is 5.01. The zero-order valence-electron chi connectivity index (χ0n) is 12.7. The van der Waals surface area contributed by atoms with Crippen molar-refractivity contribution >= 4 is 11.4 Å². The Bertz CT molecular complexity index is 559. The van der Waals surface area contributed by atoms with E-state index in [1.807, 2.05) is 6.07 Å². The molecule has 0 spiro atoms. The number of rotatable bonds is 1. The highest BCUT2D eigenvalue weighted by atomic mass is 14.7. The lowest BCUT2D eigenvalue weighted by molar-refractivity contribution is -0.109. The van der Waals surface area contributed by atoms with Gasteiger partial charge in [0.2, 0.25) is 0 Å². The normalized spacial score (nSPS) is 45.8. The molecule has 1 aromatic rings. The molecule has 4 aliphatic carbocycles. The topological polar surface area (TPSA) is 52.0 Å². The van der Waals surface area contributed by atoms with E-state index in [0.717, 1.165) is 17.3 Å². The van der Waals surface area contributed by atoms with Gasteiger partial charge in [0.1, 0.15) is 0 Å². The number of hydrogen-bond acceptors (Lipinski definition) is 2. The first-order valence-corrected chi connectivity index (χ1v) is 7.98. The van der Waals surface area contributed by atoms with Crippen molar-refractivity contribution < 1.29 is 0 Å². The molecule has 4 saturated carbocycles. The second-order valence-electron chi connectivity index (χ2n) is 8.72. The maximum Gasteiger partial charge on any atom is 0.0586 e. The van der Waals surface area contributed by atoms with Gasteiger partial charge in [-0.1, -0.05) is 26.0 Å². The lowest BCUT2D eigenvalue weighted by Crippen LogP contribution is -2.57. The van der Waals surface area contributed by atoms with Gasteiger partial charge < -0.3 is 11.5 Å². The molecule has 108 valence electrons. The van der Waals surface area contributed by atoms with E-state index in [0.29, 0.717) is 16.2 Å². The zero-order valence-corrected chi connectivity index (χ0v) is 12.7. The van der Waals surface area contributed by atoms with Crippen LogP contribution in [-0.4, -0.2) is 0 Å². The van der Waals surface area contributed by atoms with E-state index in [1.54, 1.807) is 0 Å². The van der Waals surface area contributed by atoms with Gasteiger partial charge in [0.05, 0.1) is 11.4 Å². The molecule has 20 heavy (non-hydrogen) atoms. The Morgan fingerprint density at radius 1 is 0.950 bits per heavy atom. The third-order valence-electron chi connectivity index (χ3n) is 6.34. The molecule has 1 aromatic carbocycles. The molecular formula is C18H26N2. The van der Waals surface area contributed by atoms with Gasteiger partial charge in [-0.05, 0) is 72.3 Å². The second-order valence-corrected chi connectivity index (χ2v) is 8.72. The van der Waals surface area contributed by atoms with Crippen molar-refractivity contribution in [3.8, 4) is 0 Å². The molecule has 5 rings (SSSR count). The fraction of sp³-hybridized carbons (Fsp3) is 0.667. The highest BCUT2D eigenvalue weighted by molar-refractivity contribution is 5.69. The Balaban J connectivity index is 1.87. The molecule has 4 bridgehead atoms. The van der Waals surface area contributed by atoms with E-state index in [9.17, 15) is 0 Å². The minimum Gasteiger partial charge on any atom is -0.397 e. The predicted molar refractivity (Wildman–Crippen MR) is 84.4 cm³/mol. The van der Waals surface area contributed by atoms with Gasteiger partial charge in [0.25, 0.3) is 0 Å². The summed E-state index contributed by atoms with van der Waals surface area (Å²) in [7, 11) is 0. The summed E-state index contributed by atoms with van der Waals surface area (Å²) in [6.07, 6.45) is 8.19. The summed E-state index contributed by atoms with van der Waals surface area (Å²) in [5, 5.41) is 0. The SMILES string of the molecule is CC12CC3CC(C)(C1)CC(c1cccc(N)c1N)(C3)C2. The summed E-state index contributed by atoms with van der Waals surface area (Å²) < 4.78 is 0. The number of benzene rings is 1. The highest BCUT2D eigenvalue weighted by Crippen LogP contribution is 2.70. The lowest BCUT2D eigenvalue weighted by atomic mass is 9.39. The predicted octanol–water partition coefficient (Wildman–Crippen LogP) is 4.10. The third-order valence-corrected chi connectivity index (χ3v) is 6.34. The largest absolute Gasteiger partial charge is 0.397 e. The number of para-hydroxylation sites is 1. The van der Waals surface area contributed by atoms with Gasteiger partial charge in [0.15, 0.2) is 0 Å². The standard InChI is InChI=1S/C18H26N2/c1-16-6-12-7-17(2,9-16)11-18(8-12,10-16)13-4-3-5-14(19)15(13)20/h3-5,12H,6-11,19-20H2,1-2H3. The number of hydrogen-bond donors (Lipinski definition) is 2. The van der Waals surface area contributed by atoms with E-state index in [2.05, 4.69) is 26.0 Å². The van der Waals surface area contributed by atoms with Crippen LogP contribution in [0.15, 0.2) is 18.2 Å². The molecule has 0 heterocycles. The molecule has 4 N–H and O–H groups in total. The molecule has 0 amide bonds. The first kappa shape index (κ1) is 12.6. The van der Waals surface area contributed by atoms with E-state index in [-0.39, 0.29) is 0 Å². The Morgan fingerprint density at radius 2 is 1.60 bits per heavy atom. The maximum atomic E-state index is 6.37. The Morgan fingerprint density at radius 3 is 2.20 bits per heavy atom. The molecule has 2 heteroatoms. The van der Waals surface area contributed by atoms with Crippen molar-refractivity contribution in [3.63, 3.8) is 0 Å². The average Bonchev–Trinajstić information content (AvgIpc) is 2.27. The van der Waals surface area contributed by atoms with Gasteiger partial charge in [-0.3, -0.25) is 0 Å². The van der Waals surface area contributed by atoms with Crippen molar-refractivity contribution in [2.45, 2.75) is 57.8 Å². The van der Waals surface area contributed by atoms with Crippen molar-refractivity contribution in [2.75, 3.05) is 11.5 Å². The average molecular weight is 270 g/mol. The van der Waals surface area contributed by atoms with E-state index in [4.69, 9.17) is 11.5 Å². The number of anilines is 2. The molecule has 2 unspecified atom stereocenters. The lowest BCUT2D eigenvalue weighted by Gasteiger charge is -2.65. The van der Waals surface area contributed by atoms with Crippen LogP contribution in [0.3, 0.4) is 0 Å². The molecule has 0 aromatic heterocycles. The van der Waals surface area contributed by atoms with Crippen LogP contribution in [0, 0.1) is 16.7 Å². The quantitative estimate of drug-likeness (QED) is 0.755. The van der Waals surface area contributed by atoms with Gasteiger partial charge >= 0.3 is 0 Å². The minimum absolute atomic E-state index is 0.294. The molecule has 4 aliphatic rings. The molecule has 0 radical (unpaired) electrons. The van der Waals surface area contributed by atoms with Gasteiger partial charge in [0, 0.05) is 0 Å². The molecule has 2 atom stereocenters. The molecule has 2 nitrogen and oxygen atoms in total. The molecule has 0 saturated heterocycles. The Labute approximate surface area is 121 Å². The van der Waals surface area contributed by atoms with Crippen LogP contribution in [0.1, 0.15) is 57.9 Å². The van der Waals surface area contributed by atoms with E-state index < -0.39 is 0 Å². The van der Waals surface area contributed by atoms with Crippen LogP contribution in [0.4, 0.5) is 11.4 Å².